The lowest BCUT2D eigenvalue weighted by Crippen LogP contribution is -2.47. The van der Waals surface area contributed by atoms with Gasteiger partial charge in [-0.25, -0.2) is 4.98 Å². The molecule has 0 radical (unpaired) electrons. The Bertz CT molecular complexity index is 695. The molecule has 0 bridgehead atoms. The number of amides is 2. The Morgan fingerprint density at radius 3 is 2.60 bits per heavy atom. The molecule has 1 atom stereocenters. The fraction of sp³-hybridized carbons (Fsp3) is 0.421. The molecule has 3 rings (SSSR count). The molecule has 1 aliphatic heterocycles. The fourth-order valence-electron chi connectivity index (χ4n) is 3.29. The second-order valence-corrected chi connectivity index (χ2v) is 7.04. The molecule has 6 heteroatoms. The van der Waals surface area contributed by atoms with E-state index in [2.05, 4.69) is 17.2 Å². The summed E-state index contributed by atoms with van der Waals surface area (Å²) in [5.41, 5.74) is 3.21. The van der Waals surface area contributed by atoms with Gasteiger partial charge in [-0.05, 0) is 24.8 Å². The van der Waals surface area contributed by atoms with Gasteiger partial charge in [0.15, 0.2) is 0 Å². The molecule has 0 saturated carbocycles. The summed E-state index contributed by atoms with van der Waals surface area (Å²) in [6, 6.07) is 10.1. The SMILES string of the molecule is CCC(C(=O)N1CCC(NC(=O)c2cscn2)CC1)c1ccccc1. The maximum Gasteiger partial charge on any atom is 0.270 e. The lowest BCUT2D eigenvalue weighted by molar-refractivity contribution is -0.134. The second kappa shape index (κ2) is 8.25. The van der Waals surface area contributed by atoms with Crippen LogP contribution in [0.1, 0.15) is 48.2 Å². The fourth-order valence-corrected chi connectivity index (χ4v) is 3.82. The first-order chi connectivity index (χ1) is 12.2. The first kappa shape index (κ1) is 17.6. The van der Waals surface area contributed by atoms with Crippen LogP contribution in [-0.4, -0.2) is 40.8 Å². The zero-order valence-corrected chi connectivity index (χ0v) is 15.2. The molecule has 1 saturated heterocycles. The number of hydrogen-bond donors (Lipinski definition) is 1. The summed E-state index contributed by atoms with van der Waals surface area (Å²) in [6.45, 7) is 3.42. The molecule has 2 amide bonds. The number of nitrogens with one attached hydrogen (secondary N) is 1. The minimum atomic E-state index is -0.123. The van der Waals surface area contributed by atoms with Gasteiger partial charge in [-0.2, -0.15) is 0 Å². The van der Waals surface area contributed by atoms with E-state index in [0.29, 0.717) is 18.8 Å². The monoisotopic (exact) mass is 357 g/mol. The van der Waals surface area contributed by atoms with Crippen molar-refractivity contribution in [1.82, 2.24) is 15.2 Å². The molecule has 1 aromatic carbocycles. The molecule has 25 heavy (non-hydrogen) atoms. The lowest BCUT2D eigenvalue weighted by atomic mass is 9.93. The van der Waals surface area contributed by atoms with Crippen molar-refractivity contribution in [3.8, 4) is 0 Å². The Kier molecular flexibility index (Phi) is 5.81. The highest BCUT2D eigenvalue weighted by atomic mass is 32.1. The Morgan fingerprint density at radius 1 is 1.28 bits per heavy atom. The maximum atomic E-state index is 12.9. The van der Waals surface area contributed by atoms with Crippen molar-refractivity contribution in [2.75, 3.05) is 13.1 Å². The molecule has 2 heterocycles. The van der Waals surface area contributed by atoms with E-state index in [1.54, 1.807) is 10.9 Å². The van der Waals surface area contributed by atoms with Crippen LogP contribution in [0.4, 0.5) is 0 Å². The zero-order valence-electron chi connectivity index (χ0n) is 14.4. The molecule has 1 N–H and O–H groups in total. The second-order valence-electron chi connectivity index (χ2n) is 6.32. The topological polar surface area (TPSA) is 62.3 Å². The molecule has 5 nitrogen and oxygen atoms in total. The van der Waals surface area contributed by atoms with Gasteiger partial charge in [-0.3, -0.25) is 9.59 Å². The van der Waals surface area contributed by atoms with Crippen molar-refractivity contribution in [3.63, 3.8) is 0 Å². The summed E-state index contributed by atoms with van der Waals surface area (Å²) < 4.78 is 0. The summed E-state index contributed by atoms with van der Waals surface area (Å²) in [5.74, 6) is -0.0120. The Morgan fingerprint density at radius 2 is 2.00 bits per heavy atom. The highest BCUT2D eigenvalue weighted by Crippen LogP contribution is 2.24. The molecule has 0 aliphatic carbocycles. The third kappa shape index (κ3) is 4.25. The number of carbonyl (C=O) groups is 2. The van der Waals surface area contributed by atoms with Gasteiger partial charge in [-0.15, -0.1) is 11.3 Å². The van der Waals surface area contributed by atoms with Crippen LogP contribution in [0, 0.1) is 0 Å². The Hall–Kier alpha value is -2.21. The van der Waals surface area contributed by atoms with E-state index < -0.39 is 0 Å². The van der Waals surface area contributed by atoms with Gasteiger partial charge in [0.25, 0.3) is 5.91 Å². The van der Waals surface area contributed by atoms with Crippen LogP contribution in [0.2, 0.25) is 0 Å². The normalized spacial score (nSPS) is 16.4. The smallest absolute Gasteiger partial charge is 0.270 e. The third-order valence-electron chi connectivity index (χ3n) is 4.72. The van der Waals surface area contributed by atoms with Crippen molar-refractivity contribution in [2.24, 2.45) is 0 Å². The van der Waals surface area contributed by atoms with Gasteiger partial charge in [0.1, 0.15) is 5.69 Å². The number of piperidine rings is 1. The van der Waals surface area contributed by atoms with Crippen LogP contribution in [0.15, 0.2) is 41.2 Å². The molecule has 132 valence electrons. The van der Waals surface area contributed by atoms with Crippen LogP contribution in [0.25, 0.3) is 0 Å². The predicted molar refractivity (Wildman–Crippen MR) is 98.7 cm³/mol. The Balaban J connectivity index is 1.54. The van der Waals surface area contributed by atoms with E-state index in [-0.39, 0.29) is 23.8 Å². The van der Waals surface area contributed by atoms with Crippen molar-refractivity contribution in [1.29, 1.82) is 0 Å². The maximum absolute atomic E-state index is 12.9. The van der Waals surface area contributed by atoms with Gasteiger partial charge in [-0.1, -0.05) is 37.3 Å². The van der Waals surface area contributed by atoms with Crippen molar-refractivity contribution in [3.05, 3.63) is 52.5 Å². The zero-order chi connectivity index (χ0) is 17.6. The highest BCUT2D eigenvalue weighted by Gasteiger charge is 2.29. The number of likely N-dealkylation sites (tertiary alicyclic amines) is 1. The molecule has 1 unspecified atom stereocenters. The largest absolute Gasteiger partial charge is 0.348 e. The van der Waals surface area contributed by atoms with Crippen LogP contribution >= 0.6 is 11.3 Å². The van der Waals surface area contributed by atoms with E-state index in [0.717, 1.165) is 24.8 Å². The average Bonchev–Trinajstić information content (AvgIpc) is 3.19. The van der Waals surface area contributed by atoms with Crippen LogP contribution in [0.5, 0.6) is 0 Å². The van der Waals surface area contributed by atoms with E-state index in [9.17, 15) is 9.59 Å². The molecule has 0 spiro atoms. The molecule has 1 fully saturated rings. The van der Waals surface area contributed by atoms with Gasteiger partial charge in [0.2, 0.25) is 5.91 Å². The lowest BCUT2D eigenvalue weighted by Gasteiger charge is -2.34. The molecule has 1 aromatic heterocycles. The number of benzene rings is 1. The minimum Gasteiger partial charge on any atom is -0.348 e. The summed E-state index contributed by atoms with van der Waals surface area (Å²) >= 11 is 1.41. The van der Waals surface area contributed by atoms with E-state index >= 15 is 0 Å². The van der Waals surface area contributed by atoms with Crippen molar-refractivity contribution >= 4 is 23.2 Å². The number of thiazole rings is 1. The van der Waals surface area contributed by atoms with E-state index in [4.69, 9.17) is 0 Å². The predicted octanol–water partition coefficient (Wildman–Crippen LogP) is 3.06. The minimum absolute atomic E-state index is 0.0812. The van der Waals surface area contributed by atoms with E-state index in [1.807, 2.05) is 35.2 Å². The van der Waals surface area contributed by atoms with Gasteiger partial charge in [0.05, 0.1) is 11.4 Å². The summed E-state index contributed by atoms with van der Waals surface area (Å²) in [5, 5.41) is 4.77. The number of hydrogen-bond acceptors (Lipinski definition) is 4. The van der Waals surface area contributed by atoms with E-state index in [1.165, 1.54) is 11.3 Å². The van der Waals surface area contributed by atoms with Crippen molar-refractivity contribution in [2.45, 2.75) is 38.1 Å². The van der Waals surface area contributed by atoms with Gasteiger partial charge < -0.3 is 10.2 Å². The highest BCUT2D eigenvalue weighted by molar-refractivity contribution is 7.07. The number of aromatic nitrogens is 1. The van der Waals surface area contributed by atoms with Crippen LogP contribution < -0.4 is 5.32 Å². The number of rotatable bonds is 5. The first-order valence-electron chi connectivity index (χ1n) is 8.71. The quantitative estimate of drug-likeness (QED) is 0.894. The summed E-state index contributed by atoms with van der Waals surface area (Å²) in [4.78, 5) is 30.9. The number of carbonyl (C=O) groups excluding carboxylic acids is 2. The van der Waals surface area contributed by atoms with Gasteiger partial charge in [0, 0.05) is 24.5 Å². The number of nitrogens with zero attached hydrogens (tertiary/aromatic N) is 2. The molecular formula is C19H23N3O2S. The standard InChI is InChI=1S/C19H23N3O2S/c1-2-16(14-6-4-3-5-7-14)19(24)22-10-8-15(9-11-22)21-18(23)17-12-25-13-20-17/h3-7,12-13,15-16H,2,8-11H2,1H3,(H,21,23). The first-order valence-corrected chi connectivity index (χ1v) is 9.66. The Labute approximate surface area is 152 Å². The van der Waals surface area contributed by atoms with Crippen LogP contribution in [0.3, 0.4) is 0 Å². The summed E-state index contributed by atoms with van der Waals surface area (Å²) in [7, 11) is 0. The molecule has 1 aliphatic rings. The summed E-state index contributed by atoms with van der Waals surface area (Å²) in [6.07, 6.45) is 2.36. The molecule has 2 aromatic rings. The average molecular weight is 357 g/mol. The molecular weight excluding hydrogens is 334 g/mol. The third-order valence-corrected chi connectivity index (χ3v) is 5.30. The van der Waals surface area contributed by atoms with Crippen LogP contribution in [-0.2, 0) is 4.79 Å². The van der Waals surface area contributed by atoms with Gasteiger partial charge >= 0.3 is 0 Å². The van der Waals surface area contributed by atoms with Crippen molar-refractivity contribution < 1.29 is 9.59 Å².